The Balaban J connectivity index is 2.07. The molecule has 0 amide bonds. The van der Waals surface area contributed by atoms with Crippen molar-refractivity contribution in [3.63, 3.8) is 0 Å². The van der Waals surface area contributed by atoms with Crippen LogP contribution in [0.25, 0.3) is 11.2 Å². The summed E-state index contributed by atoms with van der Waals surface area (Å²) in [5, 5.41) is 18.7. The fraction of sp³-hybridized carbons (Fsp3) is 0.545. The van der Waals surface area contributed by atoms with E-state index in [0.29, 0.717) is 16.9 Å². The van der Waals surface area contributed by atoms with E-state index in [1.54, 1.807) is 6.92 Å². The predicted molar refractivity (Wildman–Crippen MR) is 66.4 cm³/mol. The third kappa shape index (κ3) is 1.82. The van der Waals surface area contributed by atoms with E-state index in [1.165, 1.54) is 10.9 Å². The first-order valence-corrected chi connectivity index (χ1v) is 6.08. The zero-order valence-electron chi connectivity index (χ0n) is 10.6. The van der Waals surface area contributed by atoms with Gasteiger partial charge in [0.1, 0.15) is 17.7 Å². The summed E-state index contributed by atoms with van der Waals surface area (Å²) >= 11 is 0. The normalized spacial score (nSPS) is 30.2. The molecule has 1 fully saturated rings. The van der Waals surface area contributed by atoms with Gasteiger partial charge >= 0.3 is 0 Å². The van der Waals surface area contributed by atoms with Crippen LogP contribution < -0.4 is 5.73 Å². The van der Waals surface area contributed by atoms with Gasteiger partial charge in [0.25, 0.3) is 0 Å². The molecule has 4 N–H and O–H groups in total. The second-order valence-electron chi connectivity index (χ2n) is 4.67. The molecule has 2 aromatic heterocycles. The van der Waals surface area contributed by atoms with Crippen molar-refractivity contribution in [2.45, 2.75) is 31.5 Å². The van der Waals surface area contributed by atoms with Crippen molar-refractivity contribution in [3.05, 3.63) is 12.0 Å². The molecule has 0 spiro atoms. The van der Waals surface area contributed by atoms with Crippen LogP contribution in [0.2, 0.25) is 0 Å². The molecule has 0 bridgehead atoms. The van der Waals surface area contributed by atoms with E-state index < -0.39 is 31.2 Å². The van der Waals surface area contributed by atoms with E-state index in [9.17, 15) is 9.50 Å². The number of hydrogen-bond acceptors (Lipinski definition) is 7. The highest BCUT2D eigenvalue weighted by Gasteiger charge is 2.45. The van der Waals surface area contributed by atoms with E-state index >= 15 is 0 Å². The lowest BCUT2D eigenvalue weighted by molar-refractivity contribution is -0.0459. The molecule has 1 aliphatic rings. The summed E-state index contributed by atoms with van der Waals surface area (Å²) in [6, 6.07) is 0. The molecule has 2 aromatic rings. The first kappa shape index (κ1) is 13.2. The number of aliphatic hydroxyl groups excluding tert-OH is 2. The molecule has 0 unspecified atom stereocenters. The van der Waals surface area contributed by atoms with Gasteiger partial charge in [0.15, 0.2) is 18.0 Å². The summed E-state index contributed by atoms with van der Waals surface area (Å²) in [4.78, 5) is 12.1. The maximum atomic E-state index is 14.1. The molecule has 0 radical (unpaired) electrons. The van der Waals surface area contributed by atoms with Crippen molar-refractivity contribution in [3.8, 4) is 0 Å². The summed E-state index contributed by atoms with van der Waals surface area (Å²) in [5.74, 6) is 0.0458. The van der Waals surface area contributed by atoms with Crippen molar-refractivity contribution in [1.82, 2.24) is 19.5 Å². The minimum atomic E-state index is -1.69. The Bertz CT molecular complexity index is 648. The van der Waals surface area contributed by atoms with Gasteiger partial charge < -0.3 is 20.7 Å². The first-order valence-electron chi connectivity index (χ1n) is 6.08. The van der Waals surface area contributed by atoms with Gasteiger partial charge in [-0.15, -0.1) is 0 Å². The highest BCUT2D eigenvalue weighted by atomic mass is 19.1. The Morgan fingerprint density at radius 2 is 2.25 bits per heavy atom. The number of halogens is 1. The Morgan fingerprint density at radius 3 is 2.90 bits per heavy atom. The van der Waals surface area contributed by atoms with Gasteiger partial charge in [-0.1, -0.05) is 0 Å². The van der Waals surface area contributed by atoms with Crippen molar-refractivity contribution in [2.75, 3.05) is 12.3 Å². The van der Waals surface area contributed by atoms with Crippen LogP contribution in [0, 0.1) is 6.92 Å². The van der Waals surface area contributed by atoms with Crippen LogP contribution in [0.15, 0.2) is 6.33 Å². The quantitative estimate of drug-likeness (QED) is 0.667. The Kier molecular flexibility index (Phi) is 3.04. The molecule has 20 heavy (non-hydrogen) atoms. The van der Waals surface area contributed by atoms with Crippen molar-refractivity contribution >= 4 is 17.1 Å². The van der Waals surface area contributed by atoms with Gasteiger partial charge in [-0.25, -0.2) is 14.4 Å². The topological polar surface area (TPSA) is 119 Å². The van der Waals surface area contributed by atoms with Gasteiger partial charge in [0, 0.05) is 0 Å². The van der Waals surface area contributed by atoms with Crippen molar-refractivity contribution < 1.29 is 19.3 Å². The second kappa shape index (κ2) is 4.62. The zero-order chi connectivity index (χ0) is 14.4. The molecule has 8 nitrogen and oxygen atoms in total. The zero-order valence-corrected chi connectivity index (χ0v) is 10.6. The third-order valence-corrected chi connectivity index (χ3v) is 3.36. The summed E-state index contributed by atoms with van der Waals surface area (Å²) in [7, 11) is 0. The number of nitrogen functional groups attached to an aromatic ring is 1. The van der Waals surface area contributed by atoms with Gasteiger partial charge in [-0.05, 0) is 6.92 Å². The van der Waals surface area contributed by atoms with E-state index in [2.05, 4.69) is 15.0 Å². The van der Waals surface area contributed by atoms with Crippen LogP contribution >= 0.6 is 0 Å². The maximum Gasteiger partial charge on any atom is 0.222 e. The van der Waals surface area contributed by atoms with E-state index in [1.807, 2.05) is 0 Å². The number of ether oxygens (including phenoxy) is 1. The summed E-state index contributed by atoms with van der Waals surface area (Å²) < 4.78 is 20.8. The predicted octanol–water partition coefficient (Wildman–Crippen LogP) is -0.694. The van der Waals surface area contributed by atoms with Crippen LogP contribution in [0.1, 0.15) is 11.9 Å². The van der Waals surface area contributed by atoms with Crippen LogP contribution in [-0.4, -0.2) is 54.7 Å². The minimum absolute atomic E-state index is 0.0458. The van der Waals surface area contributed by atoms with E-state index in [-0.39, 0.29) is 5.95 Å². The number of hydrogen-bond donors (Lipinski definition) is 3. The number of anilines is 1. The van der Waals surface area contributed by atoms with Gasteiger partial charge in [0.2, 0.25) is 5.95 Å². The first-order chi connectivity index (χ1) is 9.52. The Hall–Kier alpha value is -1.84. The summed E-state index contributed by atoms with van der Waals surface area (Å²) in [6.45, 7) is 1.24. The molecule has 4 atom stereocenters. The second-order valence-corrected chi connectivity index (χ2v) is 4.67. The van der Waals surface area contributed by atoms with Crippen LogP contribution in [-0.2, 0) is 4.74 Å². The number of imidazole rings is 1. The maximum absolute atomic E-state index is 14.1. The third-order valence-electron chi connectivity index (χ3n) is 3.36. The van der Waals surface area contributed by atoms with Crippen LogP contribution in [0.5, 0.6) is 0 Å². The summed E-state index contributed by atoms with van der Waals surface area (Å²) in [5.41, 5.74) is 6.96. The number of aromatic nitrogens is 4. The molecule has 3 rings (SSSR count). The van der Waals surface area contributed by atoms with E-state index in [4.69, 9.17) is 15.6 Å². The molecule has 9 heteroatoms. The number of rotatable bonds is 2. The van der Waals surface area contributed by atoms with E-state index in [0.717, 1.165) is 0 Å². The number of nitrogens with two attached hydrogens (primary N) is 1. The lowest BCUT2D eigenvalue weighted by atomic mass is 10.1. The molecule has 1 aliphatic heterocycles. The molecule has 0 saturated carbocycles. The number of nitrogens with zero attached hydrogens (tertiary/aromatic N) is 4. The number of aryl methyl sites for hydroxylation is 1. The lowest BCUT2D eigenvalue weighted by Crippen LogP contribution is -2.30. The number of alkyl halides is 1. The molecule has 108 valence electrons. The lowest BCUT2D eigenvalue weighted by Gasteiger charge is -2.15. The van der Waals surface area contributed by atoms with Crippen molar-refractivity contribution in [1.29, 1.82) is 0 Å². The summed E-state index contributed by atoms with van der Waals surface area (Å²) in [6.07, 6.45) is -3.83. The Morgan fingerprint density at radius 1 is 1.50 bits per heavy atom. The number of fused-ring (bicyclic) bond motifs is 1. The molecule has 1 saturated heterocycles. The average Bonchev–Trinajstić information content (AvgIpc) is 2.93. The van der Waals surface area contributed by atoms with Gasteiger partial charge in [0.05, 0.1) is 18.6 Å². The van der Waals surface area contributed by atoms with Crippen LogP contribution in [0.3, 0.4) is 0 Å². The average molecular weight is 283 g/mol. The standard InChI is InChI=1S/C11H14FN5O3/c1-4-7-9(16-11(13)15-4)17(3-14-7)10-6(12)8(19)5(2-18)20-10/h3,5-6,8,10,18-19H,2H2,1H3,(H2,13,15,16)/t5-,6+,8-,10-/m1/s1. The fourth-order valence-electron chi connectivity index (χ4n) is 2.34. The van der Waals surface area contributed by atoms with Crippen molar-refractivity contribution in [2.24, 2.45) is 0 Å². The van der Waals surface area contributed by atoms with Gasteiger partial charge in [-0.2, -0.15) is 4.98 Å². The minimum Gasteiger partial charge on any atom is -0.394 e. The smallest absolute Gasteiger partial charge is 0.222 e. The Labute approximate surface area is 113 Å². The SMILES string of the molecule is Cc1nc(N)nc2c1ncn2[C@@H]1O[C@H](CO)[C@@H](O)[C@@H]1F. The fourth-order valence-corrected chi connectivity index (χ4v) is 2.34. The molecule has 0 aliphatic carbocycles. The highest BCUT2D eigenvalue weighted by molar-refractivity contribution is 5.74. The molecule has 3 heterocycles. The van der Waals surface area contributed by atoms with Gasteiger partial charge in [-0.3, -0.25) is 4.57 Å². The molecular formula is C11H14FN5O3. The highest BCUT2D eigenvalue weighted by Crippen LogP contribution is 2.33. The molecular weight excluding hydrogens is 269 g/mol. The largest absolute Gasteiger partial charge is 0.394 e. The molecule has 0 aromatic carbocycles. The monoisotopic (exact) mass is 283 g/mol. The number of aliphatic hydroxyl groups is 2. The van der Waals surface area contributed by atoms with Crippen LogP contribution in [0.4, 0.5) is 10.3 Å².